The molecular weight excluding hydrogens is 192 g/mol. The van der Waals surface area contributed by atoms with Gasteiger partial charge in [0.05, 0.1) is 5.69 Å². The van der Waals surface area contributed by atoms with Gasteiger partial charge in [-0.25, -0.2) is 0 Å². The lowest BCUT2D eigenvalue weighted by Gasteiger charge is -2.01. The van der Waals surface area contributed by atoms with Crippen molar-refractivity contribution in [1.82, 2.24) is 9.78 Å². The highest BCUT2D eigenvalue weighted by molar-refractivity contribution is 5.95. The van der Waals surface area contributed by atoms with Crippen molar-refractivity contribution in [3.8, 4) is 0 Å². The second-order valence-electron chi connectivity index (χ2n) is 3.47. The lowest BCUT2D eigenvalue weighted by atomic mass is 10.2. The molecule has 84 valence electrons. The maximum atomic E-state index is 11.7. The summed E-state index contributed by atoms with van der Waals surface area (Å²) in [5, 5.41) is 4.22. The zero-order valence-corrected chi connectivity index (χ0v) is 9.62. The van der Waals surface area contributed by atoms with E-state index >= 15 is 0 Å². The van der Waals surface area contributed by atoms with E-state index in [4.69, 9.17) is 4.74 Å². The van der Waals surface area contributed by atoms with Gasteiger partial charge in [0.2, 0.25) is 5.78 Å². The Balaban J connectivity index is 2.60. The minimum absolute atomic E-state index is 0.00171. The number of aromatic nitrogens is 2. The highest BCUT2D eigenvalue weighted by Gasteiger charge is 2.12. The van der Waals surface area contributed by atoms with E-state index in [0.717, 1.165) is 18.5 Å². The van der Waals surface area contributed by atoms with E-state index in [2.05, 4.69) is 5.10 Å². The molecule has 1 aromatic heterocycles. The van der Waals surface area contributed by atoms with Crippen LogP contribution in [0, 0.1) is 0 Å². The molecule has 4 heteroatoms. The van der Waals surface area contributed by atoms with E-state index in [1.165, 1.54) is 0 Å². The summed E-state index contributed by atoms with van der Waals surface area (Å²) in [7, 11) is 1.78. The third-order valence-corrected chi connectivity index (χ3v) is 2.16. The summed E-state index contributed by atoms with van der Waals surface area (Å²) in [5.74, 6) is -0.00171. The first-order valence-corrected chi connectivity index (χ1v) is 5.32. The molecule has 1 aromatic rings. The van der Waals surface area contributed by atoms with Crippen molar-refractivity contribution in [1.29, 1.82) is 0 Å². The molecule has 0 N–H and O–H groups in total. The van der Waals surface area contributed by atoms with Gasteiger partial charge in [-0.15, -0.1) is 0 Å². The topological polar surface area (TPSA) is 44.1 Å². The second kappa shape index (κ2) is 5.66. The second-order valence-corrected chi connectivity index (χ2v) is 3.47. The van der Waals surface area contributed by atoms with E-state index in [1.54, 1.807) is 11.7 Å². The Bertz CT molecular complexity index is 331. The predicted molar refractivity (Wildman–Crippen MR) is 58.0 cm³/mol. The van der Waals surface area contributed by atoms with E-state index in [1.807, 2.05) is 19.9 Å². The summed E-state index contributed by atoms with van der Waals surface area (Å²) in [6.07, 6.45) is 1.77. The molecule has 0 unspecified atom stereocenters. The molecule has 0 aromatic carbocycles. The van der Waals surface area contributed by atoms with Crippen LogP contribution in [-0.4, -0.2) is 28.8 Å². The largest absolute Gasteiger partial charge is 0.373 e. The van der Waals surface area contributed by atoms with Crippen molar-refractivity contribution in [3.05, 3.63) is 17.5 Å². The van der Waals surface area contributed by atoms with Crippen molar-refractivity contribution in [2.75, 3.05) is 13.2 Å². The molecule has 4 nitrogen and oxygen atoms in total. The third-order valence-electron chi connectivity index (χ3n) is 2.16. The molecule has 0 atom stereocenters. The van der Waals surface area contributed by atoms with Crippen LogP contribution >= 0.6 is 0 Å². The average molecular weight is 210 g/mol. The van der Waals surface area contributed by atoms with Crippen LogP contribution in [0.4, 0.5) is 0 Å². The Morgan fingerprint density at radius 2 is 2.27 bits per heavy atom. The minimum Gasteiger partial charge on any atom is -0.373 e. The first-order valence-electron chi connectivity index (χ1n) is 5.32. The standard InChI is InChI=1S/C11H18N2O2/c1-4-6-15-8-11(14)10-7-9(5-2)12-13(10)3/h7H,4-6,8H2,1-3H3. The Morgan fingerprint density at radius 3 is 2.80 bits per heavy atom. The van der Waals surface area contributed by atoms with Crippen LogP contribution in [-0.2, 0) is 18.2 Å². The number of ether oxygens (including phenoxy) is 1. The van der Waals surface area contributed by atoms with E-state index in [-0.39, 0.29) is 12.4 Å². The van der Waals surface area contributed by atoms with Gasteiger partial charge in [0.15, 0.2) is 0 Å². The molecule has 0 fully saturated rings. The molecular formula is C11H18N2O2. The van der Waals surface area contributed by atoms with Crippen molar-refractivity contribution in [2.24, 2.45) is 7.05 Å². The molecule has 0 radical (unpaired) electrons. The van der Waals surface area contributed by atoms with Gasteiger partial charge in [0.1, 0.15) is 12.3 Å². The molecule has 0 saturated carbocycles. The zero-order valence-electron chi connectivity index (χ0n) is 9.62. The van der Waals surface area contributed by atoms with Crippen LogP contribution in [0.2, 0.25) is 0 Å². The van der Waals surface area contributed by atoms with Crippen molar-refractivity contribution in [3.63, 3.8) is 0 Å². The number of nitrogens with zero attached hydrogens (tertiary/aromatic N) is 2. The maximum absolute atomic E-state index is 11.7. The number of carbonyl (C=O) groups is 1. The Kier molecular flexibility index (Phi) is 4.49. The van der Waals surface area contributed by atoms with Gasteiger partial charge >= 0.3 is 0 Å². The smallest absolute Gasteiger partial charge is 0.206 e. The van der Waals surface area contributed by atoms with E-state index in [0.29, 0.717) is 12.3 Å². The fourth-order valence-corrected chi connectivity index (χ4v) is 1.34. The number of ketones is 1. The molecule has 0 aliphatic heterocycles. The molecule has 1 rings (SSSR count). The number of Topliss-reactive ketones (excluding diaryl/α,β-unsaturated/α-hetero) is 1. The fourth-order valence-electron chi connectivity index (χ4n) is 1.34. The third kappa shape index (κ3) is 3.16. The van der Waals surface area contributed by atoms with Gasteiger partial charge in [-0.3, -0.25) is 9.48 Å². The Hall–Kier alpha value is -1.16. The summed E-state index contributed by atoms with van der Waals surface area (Å²) < 4.78 is 6.83. The van der Waals surface area contributed by atoms with Gasteiger partial charge in [-0.1, -0.05) is 13.8 Å². The maximum Gasteiger partial charge on any atom is 0.206 e. The number of rotatable bonds is 6. The normalized spacial score (nSPS) is 10.6. The fraction of sp³-hybridized carbons (Fsp3) is 0.636. The van der Waals surface area contributed by atoms with Crippen molar-refractivity contribution in [2.45, 2.75) is 26.7 Å². The van der Waals surface area contributed by atoms with Gasteiger partial charge < -0.3 is 4.74 Å². The van der Waals surface area contributed by atoms with Crippen LogP contribution < -0.4 is 0 Å². The summed E-state index contributed by atoms with van der Waals surface area (Å²) in [4.78, 5) is 11.7. The van der Waals surface area contributed by atoms with Crippen molar-refractivity contribution < 1.29 is 9.53 Å². The van der Waals surface area contributed by atoms with Crippen LogP contribution in [0.3, 0.4) is 0 Å². The highest BCUT2D eigenvalue weighted by Crippen LogP contribution is 2.05. The predicted octanol–water partition coefficient (Wildman–Crippen LogP) is 1.59. The molecule has 0 aliphatic rings. The average Bonchev–Trinajstić information content (AvgIpc) is 2.60. The summed E-state index contributed by atoms with van der Waals surface area (Å²) in [5.41, 5.74) is 1.57. The molecule has 15 heavy (non-hydrogen) atoms. The van der Waals surface area contributed by atoms with Crippen LogP contribution in [0.1, 0.15) is 36.5 Å². The lowest BCUT2D eigenvalue weighted by molar-refractivity contribution is 0.0752. The number of carbonyl (C=O) groups excluding carboxylic acids is 1. The molecule has 0 amide bonds. The summed E-state index contributed by atoms with van der Waals surface area (Å²) >= 11 is 0. The minimum atomic E-state index is -0.00171. The summed E-state index contributed by atoms with van der Waals surface area (Å²) in [6, 6.07) is 1.83. The molecule has 0 aliphatic carbocycles. The molecule has 0 spiro atoms. The number of aryl methyl sites for hydroxylation is 2. The van der Waals surface area contributed by atoms with E-state index < -0.39 is 0 Å². The van der Waals surface area contributed by atoms with Gasteiger partial charge in [-0.05, 0) is 18.9 Å². The van der Waals surface area contributed by atoms with Gasteiger partial charge in [-0.2, -0.15) is 5.10 Å². The van der Waals surface area contributed by atoms with Crippen molar-refractivity contribution >= 4 is 5.78 Å². The first kappa shape index (κ1) is 11.9. The summed E-state index contributed by atoms with van der Waals surface area (Å²) in [6.45, 7) is 4.81. The SMILES string of the molecule is CCCOCC(=O)c1cc(CC)nn1C. The first-order chi connectivity index (χ1) is 7.19. The van der Waals surface area contributed by atoms with Crippen LogP contribution in [0.15, 0.2) is 6.07 Å². The molecule has 1 heterocycles. The molecule has 0 bridgehead atoms. The van der Waals surface area contributed by atoms with Gasteiger partial charge in [0.25, 0.3) is 0 Å². The highest BCUT2D eigenvalue weighted by atomic mass is 16.5. The van der Waals surface area contributed by atoms with Gasteiger partial charge in [0, 0.05) is 13.7 Å². The Morgan fingerprint density at radius 1 is 1.53 bits per heavy atom. The quantitative estimate of drug-likeness (QED) is 0.529. The monoisotopic (exact) mass is 210 g/mol. The van der Waals surface area contributed by atoms with Crippen LogP contribution in [0.25, 0.3) is 0 Å². The van der Waals surface area contributed by atoms with E-state index in [9.17, 15) is 4.79 Å². The van der Waals surface area contributed by atoms with Crippen LogP contribution in [0.5, 0.6) is 0 Å². The lowest BCUT2D eigenvalue weighted by Crippen LogP contribution is -2.13. The zero-order chi connectivity index (χ0) is 11.3. The number of hydrogen-bond acceptors (Lipinski definition) is 3. The molecule has 0 saturated heterocycles. The Labute approximate surface area is 90.2 Å². The number of hydrogen-bond donors (Lipinski definition) is 0.